The van der Waals surface area contributed by atoms with Crippen molar-refractivity contribution in [3.63, 3.8) is 0 Å². The summed E-state index contributed by atoms with van der Waals surface area (Å²) in [6.07, 6.45) is 3.66. The highest BCUT2D eigenvalue weighted by Crippen LogP contribution is 2.61. The van der Waals surface area contributed by atoms with E-state index in [4.69, 9.17) is 4.74 Å². The minimum Gasteiger partial charge on any atom is -0.427 e. The van der Waals surface area contributed by atoms with Gasteiger partial charge in [-0.1, -0.05) is 72.8 Å². The summed E-state index contributed by atoms with van der Waals surface area (Å²) in [5.41, 5.74) is 0.655. The molecule has 6 nitrogen and oxygen atoms in total. The number of hydrogen-bond donors (Lipinski definition) is 0. The van der Waals surface area contributed by atoms with E-state index in [1.807, 2.05) is 35.2 Å². The van der Waals surface area contributed by atoms with Gasteiger partial charge < -0.3 is 9.64 Å². The molecule has 4 aromatic rings. The van der Waals surface area contributed by atoms with Gasteiger partial charge in [0.15, 0.2) is 17.3 Å². The molecule has 3 aliphatic rings. The van der Waals surface area contributed by atoms with Crippen LogP contribution in [-0.4, -0.2) is 35.4 Å². The van der Waals surface area contributed by atoms with E-state index in [1.165, 1.54) is 37.3 Å². The van der Waals surface area contributed by atoms with Gasteiger partial charge in [0.25, 0.3) is 0 Å². The molecule has 2 heterocycles. The Hall–Kier alpha value is -5.17. The lowest BCUT2D eigenvalue weighted by molar-refractivity contribution is -0.131. The first-order valence-electron chi connectivity index (χ1n) is 13.7. The number of Topliss-reactive ketones (excluding diaryl/α,β-unsaturated/α-hetero) is 3. The number of anilines is 1. The number of carbonyl (C=O) groups is 4. The molecule has 0 bridgehead atoms. The van der Waals surface area contributed by atoms with Gasteiger partial charge in [0.1, 0.15) is 23.0 Å². The van der Waals surface area contributed by atoms with Crippen LogP contribution in [0.3, 0.4) is 0 Å². The molecule has 3 unspecified atom stereocenters. The number of para-hydroxylation sites is 1. The van der Waals surface area contributed by atoms with Crippen molar-refractivity contribution in [2.24, 2.45) is 5.41 Å². The van der Waals surface area contributed by atoms with Crippen molar-refractivity contribution in [2.75, 3.05) is 4.90 Å². The van der Waals surface area contributed by atoms with Gasteiger partial charge in [-0.15, -0.1) is 0 Å². The van der Waals surface area contributed by atoms with Crippen LogP contribution < -0.4 is 9.64 Å². The smallest absolute Gasteiger partial charge is 0.308 e. The summed E-state index contributed by atoms with van der Waals surface area (Å²) in [6, 6.07) is 24.3. The number of nitrogens with zero attached hydrogens (tertiary/aromatic N) is 1. The summed E-state index contributed by atoms with van der Waals surface area (Å²) in [7, 11) is 0. The molecule has 3 atom stereocenters. The maximum Gasteiger partial charge on any atom is 0.308 e. The lowest BCUT2D eigenvalue weighted by atomic mass is 9.64. The molecule has 2 aliphatic heterocycles. The minimum atomic E-state index is -1.78. The van der Waals surface area contributed by atoms with Crippen LogP contribution in [0.25, 0.3) is 6.08 Å². The van der Waals surface area contributed by atoms with Gasteiger partial charge in [0, 0.05) is 35.2 Å². The van der Waals surface area contributed by atoms with Gasteiger partial charge in [-0.2, -0.15) is 0 Å². The summed E-state index contributed by atoms with van der Waals surface area (Å²) in [4.78, 5) is 57.1. The highest BCUT2D eigenvalue weighted by Gasteiger charge is 2.71. The van der Waals surface area contributed by atoms with E-state index in [2.05, 4.69) is 0 Å². The second-order valence-electron chi connectivity index (χ2n) is 10.8. The molecule has 1 saturated heterocycles. The molecule has 0 amide bonds. The number of esters is 1. The largest absolute Gasteiger partial charge is 0.427 e. The molecule has 0 saturated carbocycles. The Kier molecular flexibility index (Phi) is 5.80. The zero-order valence-corrected chi connectivity index (χ0v) is 22.5. The van der Waals surface area contributed by atoms with Crippen molar-refractivity contribution < 1.29 is 28.3 Å². The molecule has 1 aliphatic carbocycles. The molecule has 206 valence electrons. The zero-order valence-electron chi connectivity index (χ0n) is 22.5. The third-order valence-corrected chi connectivity index (χ3v) is 8.62. The average Bonchev–Trinajstić information content (AvgIpc) is 3.43. The summed E-state index contributed by atoms with van der Waals surface area (Å²) in [5, 5.41) is 0. The van der Waals surface area contributed by atoms with Crippen LogP contribution in [0, 0.1) is 11.2 Å². The van der Waals surface area contributed by atoms with Crippen molar-refractivity contribution in [1.82, 2.24) is 0 Å². The molecule has 7 heteroatoms. The highest BCUT2D eigenvalue weighted by atomic mass is 19.1. The van der Waals surface area contributed by atoms with Crippen molar-refractivity contribution in [1.29, 1.82) is 0 Å². The fraction of sp³-hybridized carbons (Fsp3) is 0.143. The summed E-state index contributed by atoms with van der Waals surface area (Å²) >= 11 is 0. The fourth-order valence-electron chi connectivity index (χ4n) is 7.01. The van der Waals surface area contributed by atoms with E-state index in [1.54, 1.807) is 48.5 Å². The normalized spacial score (nSPS) is 21.2. The quantitative estimate of drug-likeness (QED) is 0.131. The van der Waals surface area contributed by atoms with Gasteiger partial charge in [-0.05, 0) is 47.5 Å². The number of carbonyl (C=O) groups excluding carboxylic acids is 4. The summed E-state index contributed by atoms with van der Waals surface area (Å²) in [5.74, 6) is -3.20. The van der Waals surface area contributed by atoms with E-state index in [9.17, 15) is 19.2 Å². The minimum absolute atomic E-state index is 0.127. The third kappa shape index (κ3) is 3.49. The standard InChI is InChI=1S/C35H24FNO5/c1-20(38)42-23-17-14-22(15-18-23)32(39)31-30(26-11-5-6-12-27(26)36)35(33(40)24-9-3-4-10-25(24)34(35)41)29-19-16-21-8-2-7-13-28(21)37(29)31/h2-19,29-31H,1H3. The Morgan fingerprint density at radius 3 is 2.10 bits per heavy atom. The number of hydrogen-bond acceptors (Lipinski definition) is 6. The SMILES string of the molecule is CC(=O)Oc1ccc(C(=O)C2C(c3ccccc3F)C3(C(=O)c4ccccc4C3=O)C3C=Cc4ccccc4N23)cc1. The monoisotopic (exact) mass is 557 g/mol. The molecule has 1 spiro atoms. The Labute approximate surface area is 241 Å². The highest BCUT2D eigenvalue weighted by molar-refractivity contribution is 6.32. The van der Waals surface area contributed by atoms with Gasteiger partial charge >= 0.3 is 5.97 Å². The number of ether oxygens (including phenoxy) is 1. The van der Waals surface area contributed by atoms with Crippen molar-refractivity contribution in [3.05, 3.63) is 137 Å². The van der Waals surface area contributed by atoms with Gasteiger partial charge in [0.2, 0.25) is 0 Å². The molecule has 1 fully saturated rings. The molecule has 0 N–H and O–H groups in total. The number of rotatable bonds is 4. The van der Waals surface area contributed by atoms with Crippen molar-refractivity contribution in [3.8, 4) is 5.75 Å². The third-order valence-electron chi connectivity index (χ3n) is 8.62. The average molecular weight is 558 g/mol. The van der Waals surface area contributed by atoms with Crippen LogP contribution in [-0.2, 0) is 4.79 Å². The van der Waals surface area contributed by atoms with Crippen LogP contribution in [0.2, 0.25) is 0 Å². The first-order chi connectivity index (χ1) is 20.3. The van der Waals surface area contributed by atoms with Gasteiger partial charge in [-0.25, -0.2) is 4.39 Å². The Bertz CT molecular complexity index is 1810. The van der Waals surface area contributed by atoms with Crippen LogP contribution in [0.4, 0.5) is 10.1 Å². The predicted octanol–water partition coefficient (Wildman–Crippen LogP) is 6.07. The van der Waals surface area contributed by atoms with Crippen LogP contribution in [0.5, 0.6) is 5.75 Å². The topological polar surface area (TPSA) is 80.8 Å². The Balaban J connectivity index is 1.50. The summed E-state index contributed by atoms with van der Waals surface area (Å²) in [6.45, 7) is 1.28. The Morgan fingerprint density at radius 2 is 1.43 bits per heavy atom. The number of halogens is 1. The predicted molar refractivity (Wildman–Crippen MR) is 154 cm³/mol. The second kappa shape index (κ2) is 9.45. The number of benzene rings is 4. The Morgan fingerprint density at radius 1 is 0.810 bits per heavy atom. The van der Waals surface area contributed by atoms with Crippen LogP contribution in [0.1, 0.15) is 55.0 Å². The van der Waals surface area contributed by atoms with Gasteiger partial charge in [-0.3, -0.25) is 19.2 Å². The van der Waals surface area contributed by atoms with E-state index < -0.39 is 46.8 Å². The van der Waals surface area contributed by atoms with Crippen LogP contribution in [0.15, 0.2) is 103 Å². The number of ketones is 3. The van der Waals surface area contributed by atoms with E-state index in [-0.39, 0.29) is 33.8 Å². The van der Waals surface area contributed by atoms with Crippen molar-refractivity contribution >= 4 is 35.1 Å². The molecule has 7 rings (SSSR count). The molecule has 42 heavy (non-hydrogen) atoms. The second-order valence-corrected chi connectivity index (χ2v) is 10.8. The van der Waals surface area contributed by atoms with Gasteiger partial charge in [0.05, 0.1) is 6.04 Å². The molecule has 4 aromatic carbocycles. The van der Waals surface area contributed by atoms with E-state index in [0.29, 0.717) is 5.69 Å². The molecular weight excluding hydrogens is 533 g/mol. The maximum atomic E-state index is 15.8. The molecule has 0 radical (unpaired) electrons. The lowest BCUT2D eigenvalue weighted by Gasteiger charge is -2.37. The fourth-order valence-corrected chi connectivity index (χ4v) is 7.01. The lowest BCUT2D eigenvalue weighted by Crippen LogP contribution is -2.48. The first kappa shape index (κ1) is 25.8. The maximum absolute atomic E-state index is 15.8. The first-order valence-corrected chi connectivity index (χ1v) is 13.7. The zero-order chi connectivity index (χ0) is 29.2. The van der Waals surface area contributed by atoms with E-state index in [0.717, 1.165) is 5.56 Å². The van der Waals surface area contributed by atoms with E-state index >= 15 is 4.39 Å². The number of fused-ring (bicyclic) bond motifs is 5. The molecular formula is C35H24FNO5. The van der Waals surface area contributed by atoms with Crippen LogP contribution >= 0.6 is 0 Å². The molecule has 0 aromatic heterocycles. The van der Waals surface area contributed by atoms with Crippen molar-refractivity contribution in [2.45, 2.75) is 24.9 Å². The summed E-state index contributed by atoms with van der Waals surface area (Å²) < 4.78 is 21.0.